The van der Waals surface area contributed by atoms with Gasteiger partial charge in [0.15, 0.2) is 0 Å². The van der Waals surface area contributed by atoms with Crippen molar-refractivity contribution in [2.45, 2.75) is 31.3 Å². The lowest BCUT2D eigenvalue weighted by Crippen LogP contribution is -2.41. The van der Waals surface area contributed by atoms with Gasteiger partial charge in [0.1, 0.15) is 0 Å². The van der Waals surface area contributed by atoms with Gasteiger partial charge in [-0.05, 0) is 30.4 Å². The molecule has 1 unspecified atom stereocenters. The SMILES string of the molecule is CSc1cccc(C(=O)NC(Cn2ccnn2)C(C)C)c1. The van der Waals surface area contributed by atoms with Crippen molar-refractivity contribution in [1.82, 2.24) is 20.3 Å². The highest BCUT2D eigenvalue weighted by molar-refractivity contribution is 7.98. The minimum atomic E-state index is -0.0512. The molecule has 1 aromatic carbocycles. The highest BCUT2D eigenvalue weighted by Gasteiger charge is 2.18. The molecule has 2 rings (SSSR count). The molecule has 0 aliphatic carbocycles. The highest BCUT2D eigenvalue weighted by atomic mass is 32.2. The lowest BCUT2D eigenvalue weighted by Gasteiger charge is -2.22. The number of carbonyl (C=O) groups is 1. The van der Waals surface area contributed by atoms with Crippen LogP contribution < -0.4 is 5.32 Å². The normalized spacial score (nSPS) is 12.4. The first-order valence-electron chi connectivity index (χ1n) is 6.89. The summed E-state index contributed by atoms with van der Waals surface area (Å²) < 4.78 is 1.74. The van der Waals surface area contributed by atoms with Crippen molar-refractivity contribution in [2.75, 3.05) is 6.26 Å². The average Bonchev–Trinajstić information content (AvgIpc) is 2.99. The number of hydrogen-bond donors (Lipinski definition) is 1. The highest BCUT2D eigenvalue weighted by Crippen LogP contribution is 2.16. The van der Waals surface area contributed by atoms with Gasteiger partial charge in [-0.25, -0.2) is 0 Å². The second kappa shape index (κ2) is 7.26. The van der Waals surface area contributed by atoms with Crippen molar-refractivity contribution in [3.63, 3.8) is 0 Å². The van der Waals surface area contributed by atoms with Gasteiger partial charge >= 0.3 is 0 Å². The molecule has 1 heterocycles. The number of rotatable bonds is 6. The molecule has 1 amide bonds. The molecule has 1 atom stereocenters. The van der Waals surface area contributed by atoms with Crippen molar-refractivity contribution >= 4 is 17.7 Å². The molecule has 1 aromatic heterocycles. The van der Waals surface area contributed by atoms with E-state index < -0.39 is 0 Å². The maximum atomic E-state index is 12.4. The molecule has 0 saturated carbocycles. The number of carbonyl (C=O) groups excluding carboxylic acids is 1. The third-order valence-electron chi connectivity index (χ3n) is 3.31. The molecule has 6 heteroatoms. The van der Waals surface area contributed by atoms with E-state index >= 15 is 0 Å². The summed E-state index contributed by atoms with van der Waals surface area (Å²) in [6.07, 6.45) is 5.44. The zero-order valence-corrected chi connectivity index (χ0v) is 13.3. The Hall–Kier alpha value is -1.82. The summed E-state index contributed by atoms with van der Waals surface area (Å²) in [6, 6.07) is 7.66. The van der Waals surface area contributed by atoms with Crippen molar-refractivity contribution in [1.29, 1.82) is 0 Å². The summed E-state index contributed by atoms with van der Waals surface area (Å²) in [5.41, 5.74) is 0.686. The predicted molar refractivity (Wildman–Crippen MR) is 84.3 cm³/mol. The van der Waals surface area contributed by atoms with E-state index in [4.69, 9.17) is 0 Å². The lowest BCUT2D eigenvalue weighted by atomic mass is 10.0. The molecule has 0 aliphatic heterocycles. The van der Waals surface area contributed by atoms with Gasteiger partial charge in [-0.3, -0.25) is 9.48 Å². The fourth-order valence-corrected chi connectivity index (χ4v) is 2.43. The molecule has 0 radical (unpaired) electrons. The maximum absolute atomic E-state index is 12.4. The zero-order valence-electron chi connectivity index (χ0n) is 12.5. The summed E-state index contributed by atoms with van der Waals surface area (Å²) in [6.45, 7) is 4.78. The van der Waals surface area contributed by atoms with Gasteiger partial charge in [0.25, 0.3) is 5.91 Å². The maximum Gasteiger partial charge on any atom is 0.251 e. The molecule has 0 fully saturated rings. The lowest BCUT2D eigenvalue weighted by molar-refractivity contribution is 0.0919. The van der Waals surface area contributed by atoms with Crippen LogP contribution in [0.2, 0.25) is 0 Å². The van der Waals surface area contributed by atoms with E-state index in [1.165, 1.54) is 0 Å². The molecular formula is C15H20N4OS. The third kappa shape index (κ3) is 4.32. The molecule has 2 aromatic rings. The minimum absolute atomic E-state index is 0.0112. The van der Waals surface area contributed by atoms with Crippen molar-refractivity contribution in [3.05, 3.63) is 42.2 Å². The first-order chi connectivity index (χ1) is 10.1. The van der Waals surface area contributed by atoms with E-state index in [9.17, 15) is 4.79 Å². The standard InChI is InChI=1S/C15H20N4OS/c1-11(2)14(10-19-8-7-16-18-19)17-15(20)12-5-4-6-13(9-12)21-3/h4-9,11,14H,10H2,1-3H3,(H,17,20). The van der Waals surface area contributed by atoms with Crippen LogP contribution in [0.5, 0.6) is 0 Å². The Labute approximate surface area is 129 Å². The molecular weight excluding hydrogens is 284 g/mol. The Morgan fingerprint density at radius 2 is 2.24 bits per heavy atom. The summed E-state index contributed by atoms with van der Waals surface area (Å²) in [4.78, 5) is 13.5. The average molecular weight is 304 g/mol. The van der Waals surface area contributed by atoms with Gasteiger partial charge < -0.3 is 5.32 Å². The number of hydrogen-bond acceptors (Lipinski definition) is 4. The first-order valence-corrected chi connectivity index (χ1v) is 8.11. The number of nitrogens with one attached hydrogen (secondary N) is 1. The number of aromatic nitrogens is 3. The van der Waals surface area contributed by atoms with E-state index in [0.717, 1.165) is 4.90 Å². The van der Waals surface area contributed by atoms with Gasteiger partial charge in [-0.2, -0.15) is 0 Å². The van der Waals surface area contributed by atoms with Crippen LogP contribution in [0.4, 0.5) is 0 Å². The van der Waals surface area contributed by atoms with E-state index in [0.29, 0.717) is 18.0 Å². The molecule has 1 N–H and O–H groups in total. The van der Waals surface area contributed by atoms with Crippen LogP contribution in [0, 0.1) is 5.92 Å². The summed E-state index contributed by atoms with van der Waals surface area (Å²) in [7, 11) is 0. The van der Waals surface area contributed by atoms with Gasteiger partial charge in [0.05, 0.1) is 18.8 Å². The summed E-state index contributed by atoms with van der Waals surface area (Å²) in [5.74, 6) is 0.256. The smallest absolute Gasteiger partial charge is 0.251 e. The van der Waals surface area contributed by atoms with Gasteiger partial charge in [0, 0.05) is 16.7 Å². The Bertz CT molecular complexity index is 583. The molecule has 0 bridgehead atoms. The van der Waals surface area contributed by atoms with E-state index in [2.05, 4.69) is 29.5 Å². The van der Waals surface area contributed by atoms with E-state index in [-0.39, 0.29) is 11.9 Å². The first kappa shape index (κ1) is 15.6. The van der Waals surface area contributed by atoms with E-state index in [1.807, 2.05) is 30.5 Å². The number of nitrogens with zero attached hydrogens (tertiary/aromatic N) is 3. The number of amides is 1. The fourth-order valence-electron chi connectivity index (χ4n) is 1.97. The molecule has 0 saturated heterocycles. The largest absolute Gasteiger partial charge is 0.347 e. The van der Waals surface area contributed by atoms with Gasteiger partial charge in [0.2, 0.25) is 0 Å². The monoisotopic (exact) mass is 304 g/mol. The Balaban J connectivity index is 2.07. The Morgan fingerprint density at radius 3 is 2.86 bits per heavy atom. The molecule has 21 heavy (non-hydrogen) atoms. The van der Waals surface area contributed by atoms with Crippen LogP contribution in [-0.4, -0.2) is 33.2 Å². The van der Waals surface area contributed by atoms with Crippen LogP contribution in [0.3, 0.4) is 0 Å². The zero-order chi connectivity index (χ0) is 15.2. The molecule has 112 valence electrons. The van der Waals surface area contributed by atoms with Crippen LogP contribution in [0.25, 0.3) is 0 Å². The van der Waals surface area contributed by atoms with Crippen molar-refractivity contribution in [3.8, 4) is 0 Å². The number of benzene rings is 1. The van der Waals surface area contributed by atoms with E-state index in [1.54, 1.807) is 28.8 Å². The van der Waals surface area contributed by atoms with Gasteiger partial charge in [-0.1, -0.05) is 25.1 Å². The molecule has 5 nitrogen and oxygen atoms in total. The van der Waals surface area contributed by atoms with Crippen LogP contribution in [0.15, 0.2) is 41.6 Å². The predicted octanol–water partition coefficient (Wildman–Crippen LogP) is 2.45. The summed E-state index contributed by atoms with van der Waals surface area (Å²) in [5, 5.41) is 10.8. The topological polar surface area (TPSA) is 59.8 Å². The van der Waals surface area contributed by atoms with Crippen molar-refractivity contribution < 1.29 is 4.79 Å². The second-order valence-electron chi connectivity index (χ2n) is 5.18. The van der Waals surface area contributed by atoms with Crippen molar-refractivity contribution in [2.24, 2.45) is 5.92 Å². The van der Waals surface area contributed by atoms with Gasteiger partial charge in [-0.15, -0.1) is 16.9 Å². The Kier molecular flexibility index (Phi) is 5.38. The number of thioether (sulfide) groups is 1. The van der Waals surface area contributed by atoms with Crippen LogP contribution in [-0.2, 0) is 6.54 Å². The quantitative estimate of drug-likeness (QED) is 0.833. The van der Waals surface area contributed by atoms with Crippen LogP contribution in [0.1, 0.15) is 24.2 Å². The van der Waals surface area contributed by atoms with Crippen LogP contribution >= 0.6 is 11.8 Å². The molecule has 0 spiro atoms. The minimum Gasteiger partial charge on any atom is -0.347 e. The summed E-state index contributed by atoms with van der Waals surface area (Å²) >= 11 is 1.63. The third-order valence-corrected chi connectivity index (χ3v) is 4.03. The fraction of sp³-hybridized carbons (Fsp3) is 0.400. The second-order valence-corrected chi connectivity index (χ2v) is 6.06. The Morgan fingerprint density at radius 1 is 1.43 bits per heavy atom. The molecule has 0 aliphatic rings.